The summed E-state index contributed by atoms with van der Waals surface area (Å²) in [6, 6.07) is 4.38. The van der Waals surface area contributed by atoms with E-state index < -0.39 is 59.5 Å². The number of fused-ring (bicyclic) bond motifs is 4. The van der Waals surface area contributed by atoms with E-state index in [1.54, 1.807) is 32.9 Å². The van der Waals surface area contributed by atoms with Gasteiger partial charge in [-0.15, -0.1) is 0 Å². The second-order valence-electron chi connectivity index (χ2n) is 15.7. The van der Waals surface area contributed by atoms with Crippen molar-refractivity contribution in [1.82, 2.24) is 9.80 Å². The Morgan fingerprint density at radius 3 is 2.25 bits per heavy atom. The molecule has 1 aromatic heterocycles. The van der Waals surface area contributed by atoms with Gasteiger partial charge in [-0.05, 0) is 105 Å². The molecule has 0 radical (unpaired) electrons. The number of hydrogen-bond donors (Lipinski definition) is 3. The van der Waals surface area contributed by atoms with Gasteiger partial charge in [-0.25, -0.2) is 0 Å². The lowest BCUT2D eigenvalue weighted by Crippen LogP contribution is -2.59. The molecule has 3 aliphatic rings. The van der Waals surface area contributed by atoms with E-state index in [1.807, 2.05) is 70.9 Å². The molecular weight excluding hydrogens is 664 g/mol. The third kappa shape index (κ3) is 6.05. The van der Waals surface area contributed by atoms with E-state index >= 15 is 4.79 Å². The second-order valence-corrected chi connectivity index (χ2v) is 15.7. The molecule has 0 saturated carbocycles. The van der Waals surface area contributed by atoms with E-state index in [0.717, 1.165) is 0 Å². The highest BCUT2D eigenvalue weighted by Gasteiger charge is 2.49. The molecule has 1 aliphatic carbocycles. The number of phenolic OH excluding ortho intramolecular Hbond substituents is 1. The maximum absolute atomic E-state index is 15.0. The Labute approximate surface area is 304 Å². The normalized spacial score (nSPS) is 30.0. The molecule has 0 unspecified atom stereocenters. The zero-order chi connectivity index (χ0) is 38.1. The number of aliphatic hydroxyl groups is 2. The summed E-state index contributed by atoms with van der Waals surface area (Å²) < 4.78 is 19.2. The summed E-state index contributed by atoms with van der Waals surface area (Å²) in [5.74, 6) is -1.35. The van der Waals surface area contributed by atoms with Crippen molar-refractivity contribution < 1.29 is 38.8 Å². The monoisotopic (exact) mass is 716 g/mol. The average Bonchev–Trinajstić information content (AvgIpc) is 3.08. The minimum absolute atomic E-state index is 0.0165. The van der Waals surface area contributed by atoms with Crippen molar-refractivity contribution in [1.29, 1.82) is 0 Å². The van der Waals surface area contributed by atoms with Crippen molar-refractivity contribution in [3.8, 4) is 5.75 Å². The molecule has 280 valence electrons. The van der Waals surface area contributed by atoms with E-state index in [-0.39, 0.29) is 62.6 Å². The van der Waals surface area contributed by atoms with Crippen LogP contribution in [0.1, 0.15) is 126 Å². The fraction of sp³-hybridized carbons (Fsp3) is 0.537. The first-order valence-electron chi connectivity index (χ1n) is 18.1. The van der Waals surface area contributed by atoms with Crippen LogP contribution in [0.15, 0.2) is 39.6 Å². The molecule has 0 amide bonds. The number of hydrogen-bond acceptors (Lipinski definition) is 11. The summed E-state index contributed by atoms with van der Waals surface area (Å²) in [5, 5.41) is 34.7. The first-order chi connectivity index (χ1) is 24.4. The molecule has 2 fully saturated rings. The van der Waals surface area contributed by atoms with E-state index in [2.05, 4.69) is 0 Å². The minimum atomic E-state index is -0.847. The van der Waals surface area contributed by atoms with Gasteiger partial charge in [-0.1, -0.05) is 19.1 Å². The molecule has 9 atom stereocenters. The maximum Gasteiger partial charge on any atom is 0.202 e. The number of rotatable bonds is 7. The Kier molecular flexibility index (Phi) is 10.2. The summed E-state index contributed by atoms with van der Waals surface area (Å²) in [5.41, 5.74) is -0.0633. The van der Waals surface area contributed by atoms with E-state index in [9.17, 15) is 24.9 Å². The van der Waals surface area contributed by atoms with Gasteiger partial charge < -0.3 is 39.0 Å². The van der Waals surface area contributed by atoms with Gasteiger partial charge in [-0.3, -0.25) is 14.4 Å². The molecule has 2 saturated heterocycles. The van der Waals surface area contributed by atoms with Crippen LogP contribution in [0.25, 0.3) is 11.0 Å². The molecule has 6 rings (SSSR count). The number of likely N-dealkylation sites (N-methyl/N-ethyl adjacent to an activating group) is 2. The van der Waals surface area contributed by atoms with E-state index in [4.69, 9.17) is 13.9 Å². The molecular formula is C41H52N2O9. The zero-order valence-corrected chi connectivity index (χ0v) is 31.8. The van der Waals surface area contributed by atoms with Crippen LogP contribution >= 0.6 is 0 Å². The Balaban J connectivity index is 1.63. The summed E-state index contributed by atoms with van der Waals surface area (Å²) in [6.45, 7) is 11.0. The molecule has 3 N–H and O–H groups in total. The van der Waals surface area contributed by atoms with Crippen LogP contribution in [0.4, 0.5) is 0 Å². The second kappa shape index (κ2) is 13.9. The van der Waals surface area contributed by atoms with Gasteiger partial charge >= 0.3 is 0 Å². The summed E-state index contributed by atoms with van der Waals surface area (Å²) in [4.78, 5) is 47.3. The average molecular weight is 717 g/mol. The molecule has 2 aromatic carbocycles. The number of aryl methyl sites for hydroxylation is 1. The highest BCUT2D eigenvalue weighted by molar-refractivity contribution is 6.33. The van der Waals surface area contributed by atoms with Gasteiger partial charge in [0, 0.05) is 40.3 Å². The Morgan fingerprint density at radius 2 is 1.62 bits per heavy atom. The molecule has 3 aromatic rings. The number of phenols is 1. The standard InChI is InChI=1S/C41H52N2O9/c1-11-12-13-19(2)28-17-27(44)31-20(3)14-25-33(39(31)52-28)38(48)34-32(37(25)47)23(29-16-26(42(7)8)35(45)21(4)50-29)15-24(36(34)46)30-18-41(6,43(9)10)40(49)22(5)51-30/h11-12,14-15,17,19,21-22,26,29-30,35,40,45-46,49H,13,16,18H2,1-10H3/b12-11-/t19-,21+,22+,26-,29+,30-,35-,40+,41-/m0/s1. The van der Waals surface area contributed by atoms with Crippen molar-refractivity contribution in [3.63, 3.8) is 0 Å². The van der Waals surface area contributed by atoms with Gasteiger partial charge in [0.25, 0.3) is 0 Å². The van der Waals surface area contributed by atoms with Crippen LogP contribution in [-0.4, -0.2) is 101 Å². The number of nitrogens with zero attached hydrogens (tertiary/aromatic N) is 2. The van der Waals surface area contributed by atoms with Crippen molar-refractivity contribution >= 4 is 22.5 Å². The SMILES string of the molecule is C/C=C\C[C@H](C)c1cc(=O)c2c(C)cc3c(c2o1)C(=O)c1c(O)c([C@@H]2C[C@](C)(N(C)C)[C@H](O)[C@@H](C)O2)cc([C@H]2C[C@H](N(C)C)[C@@H](O)[C@@H](C)O2)c1C3=O. The van der Waals surface area contributed by atoms with Gasteiger partial charge in [0.2, 0.25) is 5.78 Å². The van der Waals surface area contributed by atoms with Gasteiger partial charge in [0.15, 0.2) is 11.2 Å². The number of ketones is 2. The third-order valence-electron chi connectivity index (χ3n) is 11.9. The van der Waals surface area contributed by atoms with Gasteiger partial charge in [0.1, 0.15) is 17.1 Å². The predicted octanol–water partition coefficient (Wildman–Crippen LogP) is 5.32. The Hall–Kier alpha value is -3.71. The van der Waals surface area contributed by atoms with Gasteiger partial charge in [-0.2, -0.15) is 0 Å². The molecule has 0 spiro atoms. The minimum Gasteiger partial charge on any atom is -0.507 e. The summed E-state index contributed by atoms with van der Waals surface area (Å²) in [6.07, 6.45) is 0.650. The number of carbonyl (C=O) groups is 2. The number of aromatic hydroxyl groups is 1. The number of allylic oxidation sites excluding steroid dienone is 2. The smallest absolute Gasteiger partial charge is 0.202 e. The van der Waals surface area contributed by atoms with Crippen LogP contribution < -0.4 is 5.43 Å². The van der Waals surface area contributed by atoms with E-state index in [0.29, 0.717) is 29.7 Å². The van der Waals surface area contributed by atoms with Crippen molar-refractivity contribution in [3.05, 3.63) is 85.3 Å². The molecule has 2 aliphatic heterocycles. The van der Waals surface area contributed by atoms with Crippen molar-refractivity contribution in [2.24, 2.45) is 0 Å². The highest BCUT2D eigenvalue weighted by Crippen LogP contribution is 2.49. The summed E-state index contributed by atoms with van der Waals surface area (Å²) >= 11 is 0. The van der Waals surface area contributed by atoms with Crippen molar-refractivity contribution in [2.45, 2.75) is 115 Å². The molecule has 0 bridgehead atoms. The lowest BCUT2D eigenvalue weighted by molar-refractivity contribution is -0.176. The molecule has 52 heavy (non-hydrogen) atoms. The van der Waals surface area contributed by atoms with Crippen LogP contribution in [0.5, 0.6) is 5.75 Å². The molecule has 11 nitrogen and oxygen atoms in total. The zero-order valence-electron chi connectivity index (χ0n) is 31.8. The maximum atomic E-state index is 15.0. The molecule has 3 heterocycles. The van der Waals surface area contributed by atoms with Crippen molar-refractivity contribution in [2.75, 3.05) is 28.2 Å². The van der Waals surface area contributed by atoms with Gasteiger partial charge in [0.05, 0.1) is 53.1 Å². The molecule has 11 heteroatoms. The number of carbonyl (C=O) groups excluding carboxylic acids is 2. The van der Waals surface area contributed by atoms with Crippen LogP contribution in [0, 0.1) is 6.92 Å². The predicted molar refractivity (Wildman–Crippen MR) is 197 cm³/mol. The topological polar surface area (TPSA) is 150 Å². The largest absolute Gasteiger partial charge is 0.507 e. The first kappa shape index (κ1) is 38.0. The van der Waals surface area contributed by atoms with Crippen LogP contribution in [0.3, 0.4) is 0 Å². The lowest BCUT2D eigenvalue weighted by atomic mass is 9.74. The van der Waals surface area contributed by atoms with Crippen LogP contribution in [-0.2, 0) is 9.47 Å². The Bertz CT molecular complexity index is 2020. The van der Waals surface area contributed by atoms with E-state index in [1.165, 1.54) is 6.07 Å². The first-order valence-corrected chi connectivity index (χ1v) is 18.1. The fourth-order valence-electron chi connectivity index (χ4n) is 8.38. The lowest BCUT2D eigenvalue weighted by Gasteiger charge is -2.49. The number of aliphatic hydroxyl groups excluding tert-OH is 2. The van der Waals surface area contributed by atoms with Crippen LogP contribution in [0.2, 0.25) is 0 Å². The number of benzene rings is 2. The highest BCUT2D eigenvalue weighted by atomic mass is 16.5. The number of ether oxygens (including phenoxy) is 2. The fourth-order valence-corrected chi connectivity index (χ4v) is 8.38. The quantitative estimate of drug-likeness (QED) is 0.213. The summed E-state index contributed by atoms with van der Waals surface area (Å²) in [7, 11) is 7.47. The third-order valence-corrected chi connectivity index (χ3v) is 11.9. The Morgan fingerprint density at radius 1 is 0.942 bits per heavy atom.